The predicted molar refractivity (Wildman–Crippen MR) is 27.6 cm³/mol. The lowest BCUT2D eigenvalue weighted by Crippen LogP contribution is -2.34. The zero-order valence-corrected chi connectivity index (χ0v) is 5.00. The van der Waals surface area contributed by atoms with Gasteiger partial charge < -0.3 is 14.9 Å². The third-order valence-corrected chi connectivity index (χ3v) is 1.28. The van der Waals surface area contributed by atoms with Gasteiger partial charge in [0.05, 0.1) is 6.61 Å². The average molecular weight is 132 g/mol. The molecule has 1 heterocycles. The Kier molecular flexibility index (Phi) is 1.31. The zero-order chi connectivity index (χ0) is 7.07. The zero-order valence-electron chi connectivity index (χ0n) is 5.00. The summed E-state index contributed by atoms with van der Waals surface area (Å²) in [4.78, 5) is 10.6. The van der Waals surface area contributed by atoms with Crippen LogP contribution >= 0.6 is 0 Å². The number of carbonyl (C=O) groups is 1. The summed E-state index contributed by atoms with van der Waals surface area (Å²) in [5.41, 5.74) is 0. The average Bonchev–Trinajstić information content (AvgIpc) is 1.97. The van der Waals surface area contributed by atoms with Crippen LogP contribution in [0.15, 0.2) is 0 Å². The molecule has 0 aromatic carbocycles. The number of hydrogen-bond donors (Lipinski definition) is 2. The Morgan fingerprint density at radius 3 is 2.56 bits per heavy atom. The summed E-state index contributed by atoms with van der Waals surface area (Å²) < 4.78 is 4.52. The van der Waals surface area contributed by atoms with Gasteiger partial charge in [0.15, 0.2) is 0 Å². The van der Waals surface area contributed by atoms with E-state index in [1.807, 2.05) is 0 Å². The highest BCUT2D eigenvalue weighted by Crippen LogP contribution is 2.17. The number of carbonyl (C=O) groups excluding carboxylic acids is 1. The van der Waals surface area contributed by atoms with Crippen LogP contribution in [0, 0.1) is 0 Å². The maximum Gasteiger partial charge on any atom is 0.226 e. The minimum Gasteiger partial charge on any atom is -0.383 e. The molecule has 1 rings (SSSR count). The van der Waals surface area contributed by atoms with Gasteiger partial charge in [-0.15, -0.1) is 0 Å². The smallest absolute Gasteiger partial charge is 0.226 e. The van der Waals surface area contributed by atoms with Crippen molar-refractivity contribution in [2.75, 3.05) is 6.61 Å². The van der Waals surface area contributed by atoms with Crippen LogP contribution in [-0.4, -0.2) is 34.5 Å². The topological polar surface area (TPSA) is 66.8 Å². The van der Waals surface area contributed by atoms with Gasteiger partial charge in [-0.25, -0.2) is 0 Å². The molecule has 1 fully saturated rings. The van der Waals surface area contributed by atoms with E-state index in [0.29, 0.717) is 0 Å². The normalized spacial score (nSPS) is 43.9. The third kappa shape index (κ3) is 0.962. The molecular formula is C5H8O4. The number of Topliss-reactive ketones (excluding diaryl/α,β-unsaturated/α-hetero) is 1. The van der Waals surface area contributed by atoms with Crippen molar-refractivity contribution in [2.24, 2.45) is 0 Å². The standard InChI is InChI=1S/C5H8O4/c1-5(8)4(7)3(6)2-9-5/h3,6,8H,2H2,1H3/t3-,5-/m0/s1. The van der Waals surface area contributed by atoms with E-state index in [1.54, 1.807) is 0 Å². The summed E-state index contributed by atoms with van der Waals surface area (Å²) in [6.45, 7) is 1.11. The number of aliphatic hydroxyl groups excluding tert-OH is 1. The first-order valence-electron chi connectivity index (χ1n) is 2.63. The number of hydrogen-bond acceptors (Lipinski definition) is 4. The molecule has 2 atom stereocenters. The van der Waals surface area contributed by atoms with Crippen LogP contribution in [0.5, 0.6) is 0 Å². The minimum absolute atomic E-state index is 0.105. The van der Waals surface area contributed by atoms with Crippen molar-refractivity contribution < 1.29 is 19.7 Å². The second kappa shape index (κ2) is 1.76. The van der Waals surface area contributed by atoms with E-state index < -0.39 is 17.7 Å². The fraction of sp³-hybridized carbons (Fsp3) is 0.800. The summed E-state index contributed by atoms with van der Waals surface area (Å²) in [6.07, 6.45) is -1.15. The summed E-state index contributed by atoms with van der Waals surface area (Å²) in [7, 11) is 0. The van der Waals surface area contributed by atoms with E-state index in [9.17, 15) is 4.79 Å². The van der Waals surface area contributed by atoms with Crippen LogP contribution < -0.4 is 0 Å². The van der Waals surface area contributed by atoms with Crippen LogP contribution in [0.4, 0.5) is 0 Å². The first-order valence-corrected chi connectivity index (χ1v) is 2.63. The van der Waals surface area contributed by atoms with Gasteiger partial charge >= 0.3 is 0 Å². The molecule has 0 aliphatic carbocycles. The molecule has 4 nitrogen and oxygen atoms in total. The molecule has 0 aromatic rings. The van der Waals surface area contributed by atoms with E-state index >= 15 is 0 Å². The van der Waals surface area contributed by atoms with Crippen molar-refractivity contribution >= 4 is 5.78 Å². The van der Waals surface area contributed by atoms with Gasteiger partial charge in [0, 0.05) is 0 Å². The van der Waals surface area contributed by atoms with Crippen LogP contribution in [0.25, 0.3) is 0 Å². The second-order valence-corrected chi connectivity index (χ2v) is 2.17. The molecule has 0 spiro atoms. The van der Waals surface area contributed by atoms with Crippen LogP contribution in [0.2, 0.25) is 0 Å². The predicted octanol–water partition coefficient (Wildman–Crippen LogP) is -1.34. The largest absolute Gasteiger partial charge is 0.383 e. The second-order valence-electron chi connectivity index (χ2n) is 2.17. The molecule has 0 saturated carbocycles. The van der Waals surface area contributed by atoms with Gasteiger partial charge in [-0.05, 0) is 6.92 Å². The summed E-state index contributed by atoms with van der Waals surface area (Å²) in [5, 5.41) is 17.6. The van der Waals surface area contributed by atoms with Crippen molar-refractivity contribution in [3.63, 3.8) is 0 Å². The first kappa shape index (κ1) is 6.67. The summed E-state index contributed by atoms with van der Waals surface area (Å²) >= 11 is 0. The molecule has 0 bridgehead atoms. The van der Waals surface area contributed by atoms with Crippen molar-refractivity contribution in [1.82, 2.24) is 0 Å². The number of ether oxygens (including phenoxy) is 1. The maximum atomic E-state index is 10.6. The molecular weight excluding hydrogens is 124 g/mol. The fourth-order valence-electron chi connectivity index (χ4n) is 0.697. The van der Waals surface area contributed by atoms with Gasteiger partial charge in [-0.2, -0.15) is 0 Å². The van der Waals surface area contributed by atoms with E-state index in [0.717, 1.165) is 0 Å². The maximum absolute atomic E-state index is 10.6. The lowest BCUT2D eigenvalue weighted by atomic mass is 10.2. The van der Waals surface area contributed by atoms with Crippen LogP contribution in [0.1, 0.15) is 6.92 Å². The molecule has 1 aliphatic heterocycles. The molecule has 1 saturated heterocycles. The van der Waals surface area contributed by atoms with Gasteiger partial charge in [0.1, 0.15) is 6.10 Å². The highest BCUT2D eigenvalue weighted by atomic mass is 16.6. The van der Waals surface area contributed by atoms with Crippen molar-refractivity contribution in [1.29, 1.82) is 0 Å². The molecule has 0 radical (unpaired) electrons. The summed E-state index contributed by atoms with van der Waals surface area (Å²) in [6, 6.07) is 0. The van der Waals surface area contributed by atoms with Gasteiger partial charge in [-0.1, -0.05) is 0 Å². The Labute approximate surface area is 52.1 Å². The highest BCUT2D eigenvalue weighted by Gasteiger charge is 2.43. The van der Waals surface area contributed by atoms with Gasteiger partial charge in [0.25, 0.3) is 0 Å². The monoisotopic (exact) mass is 132 g/mol. The van der Waals surface area contributed by atoms with Gasteiger partial charge in [0.2, 0.25) is 11.6 Å². The molecule has 0 amide bonds. The van der Waals surface area contributed by atoms with E-state index in [-0.39, 0.29) is 6.61 Å². The molecule has 0 unspecified atom stereocenters. The number of ketones is 1. The van der Waals surface area contributed by atoms with Gasteiger partial charge in [-0.3, -0.25) is 4.79 Å². The lowest BCUT2D eigenvalue weighted by molar-refractivity contribution is -0.174. The Bertz CT molecular complexity index is 140. The van der Waals surface area contributed by atoms with Crippen molar-refractivity contribution in [3.8, 4) is 0 Å². The Morgan fingerprint density at radius 1 is 1.89 bits per heavy atom. The van der Waals surface area contributed by atoms with Crippen LogP contribution in [0.3, 0.4) is 0 Å². The fourth-order valence-corrected chi connectivity index (χ4v) is 0.697. The molecule has 1 aliphatic rings. The number of aliphatic hydroxyl groups is 2. The molecule has 0 aromatic heterocycles. The Morgan fingerprint density at radius 2 is 2.44 bits per heavy atom. The van der Waals surface area contributed by atoms with E-state index in [1.165, 1.54) is 6.92 Å². The molecule has 9 heavy (non-hydrogen) atoms. The molecule has 52 valence electrons. The Hall–Kier alpha value is -0.450. The van der Waals surface area contributed by atoms with E-state index in [2.05, 4.69) is 4.74 Å². The first-order chi connectivity index (χ1) is 4.04. The van der Waals surface area contributed by atoms with Crippen LogP contribution in [-0.2, 0) is 9.53 Å². The third-order valence-electron chi connectivity index (χ3n) is 1.28. The molecule has 4 heteroatoms. The SMILES string of the molecule is C[C@]1(O)OC[C@H](O)C1=O. The lowest BCUT2D eigenvalue weighted by Gasteiger charge is -2.11. The number of rotatable bonds is 0. The van der Waals surface area contributed by atoms with Crippen molar-refractivity contribution in [3.05, 3.63) is 0 Å². The molecule has 2 N–H and O–H groups in total. The summed E-state index contributed by atoms with van der Waals surface area (Å²) in [5.74, 6) is -2.43. The quantitative estimate of drug-likeness (QED) is 0.428. The van der Waals surface area contributed by atoms with Crippen molar-refractivity contribution in [2.45, 2.75) is 18.8 Å². The minimum atomic E-state index is -1.76. The Balaban J connectivity index is 2.74. The van der Waals surface area contributed by atoms with E-state index in [4.69, 9.17) is 10.2 Å². The highest BCUT2D eigenvalue weighted by molar-refractivity contribution is 5.90.